The van der Waals surface area contributed by atoms with Gasteiger partial charge in [-0.1, -0.05) is 17.3 Å². The smallest absolute Gasteiger partial charge is 0.316 e. The summed E-state index contributed by atoms with van der Waals surface area (Å²) in [7, 11) is 3.13. The third kappa shape index (κ3) is 3.05. The van der Waals surface area contributed by atoms with Crippen molar-refractivity contribution in [1.82, 2.24) is 15.5 Å². The van der Waals surface area contributed by atoms with E-state index in [1.54, 1.807) is 32.4 Å². The van der Waals surface area contributed by atoms with Crippen molar-refractivity contribution in [2.75, 3.05) is 20.8 Å². The Hall–Kier alpha value is -2.83. The topological polar surface area (TPSA) is 86.5 Å². The summed E-state index contributed by atoms with van der Waals surface area (Å²) < 4.78 is 15.6. The van der Waals surface area contributed by atoms with Crippen LogP contribution < -0.4 is 14.8 Å². The molecule has 2 aromatic rings. The molecular formula is C19H21N3O4. The van der Waals surface area contributed by atoms with Gasteiger partial charge in [-0.05, 0) is 48.8 Å². The Bertz CT molecular complexity index is 845. The van der Waals surface area contributed by atoms with E-state index in [1.165, 1.54) is 6.42 Å². The Balaban J connectivity index is 1.42. The molecule has 4 rings (SSSR count). The maximum absolute atomic E-state index is 12.3. The number of aromatic nitrogens is 2. The number of carbonyl (C=O) groups is 1. The minimum Gasteiger partial charge on any atom is -0.493 e. The van der Waals surface area contributed by atoms with Crippen molar-refractivity contribution in [3.05, 3.63) is 36.2 Å². The molecule has 2 aliphatic rings. The van der Waals surface area contributed by atoms with Crippen molar-refractivity contribution >= 4 is 5.91 Å². The SMILES string of the molecule is COc1ccc(-c2noc(C(=O)NC[C@@H]3C[C@@H]4C=C[C@H]3C4)n2)cc1OC. The molecule has 3 atom stereocenters. The zero-order valence-corrected chi connectivity index (χ0v) is 14.8. The van der Waals surface area contributed by atoms with Gasteiger partial charge < -0.3 is 19.3 Å². The number of methoxy groups -OCH3 is 2. The van der Waals surface area contributed by atoms with Crippen LogP contribution in [0.25, 0.3) is 11.4 Å². The van der Waals surface area contributed by atoms with Gasteiger partial charge in [0.1, 0.15) is 0 Å². The van der Waals surface area contributed by atoms with E-state index in [2.05, 4.69) is 27.6 Å². The number of hydrogen-bond acceptors (Lipinski definition) is 6. The van der Waals surface area contributed by atoms with E-state index in [0.717, 1.165) is 6.42 Å². The minimum absolute atomic E-state index is 0.0338. The number of nitrogens with one attached hydrogen (secondary N) is 1. The zero-order valence-electron chi connectivity index (χ0n) is 14.8. The van der Waals surface area contributed by atoms with Crippen LogP contribution in [0, 0.1) is 17.8 Å². The lowest BCUT2D eigenvalue weighted by Gasteiger charge is -2.17. The van der Waals surface area contributed by atoms with E-state index in [1.807, 2.05) is 0 Å². The molecule has 7 heteroatoms. The molecule has 136 valence electrons. The van der Waals surface area contributed by atoms with Crippen molar-refractivity contribution in [2.45, 2.75) is 12.8 Å². The molecule has 0 aliphatic heterocycles. The largest absolute Gasteiger partial charge is 0.493 e. The summed E-state index contributed by atoms with van der Waals surface area (Å²) in [6, 6.07) is 5.29. The highest BCUT2D eigenvalue weighted by Crippen LogP contribution is 2.43. The second-order valence-electron chi connectivity index (χ2n) is 6.74. The quantitative estimate of drug-likeness (QED) is 0.802. The summed E-state index contributed by atoms with van der Waals surface area (Å²) in [6.07, 6.45) is 6.91. The van der Waals surface area contributed by atoms with Crippen LogP contribution in [0.2, 0.25) is 0 Å². The monoisotopic (exact) mass is 355 g/mol. The van der Waals surface area contributed by atoms with Gasteiger partial charge in [-0.25, -0.2) is 0 Å². The van der Waals surface area contributed by atoms with E-state index in [-0.39, 0.29) is 11.8 Å². The lowest BCUT2D eigenvalue weighted by atomic mass is 9.94. The molecule has 0 spiro atoms. The van der Waals surface area contributed by atoms with Crippen LogP contribution in [0.3, 0.4) is 0 Å². The highest BCUT2D eigenvalue weighted by molar-refractivity contribution is 5.89. The van der Waals surface area contributed by atoms with E-state index < -0.39 is 0 Å². The number of fused-ring (bicyclic) bond motifs is 2. The fourth-order valence-corrected chi connectivity index (χ4v) is 3.84. The first-order valence-electron chi connectivity index (χ1n) is 8.70. The highest BCUT2D eigenvalue weighted by Gasteiger charge is 2.35. The number of allylic oxidation sites excluding steroid dienone is 2. The van der Waals surface area contributed by atoms with Crippen LogP contribution in [0.4, 0.5) is 0 Å². The summed E-state index contributed by atoms with van der Waals surface area (Å²) in [5.41, 5.74) is 0.684. The predicted molar refractivity (Wildman–Crippen MR) is 94.0 cm³/mol. The van der Waals surface area contributed by atoms with Gasteiger partial charge in [0.05, 0.1) is 14.2 Å². The van der Waals surface area contributed by atoms with Crippen molar-refractivity contribution in [3.8, 4) is 22.9 Å². The first-order chi connectivity index (χ1) is 12.7. The van der Waals surface area contributed by atoms with Crippen molar-refractivity contribution in [3.63, 3.8) is 0 Å². The molecule has 7 nitrogen and oxygen atoms in total. The van der Waals surface area contributed by atoms with E-state index in [4.69, 9.17) is 14.0 Å². The number of amides is 1. The maximum Gasteiger partial charge on any atom is 0.316 e. The molecule has 1 fully saturated rings. The number of rotatable bonds is 6. The standard InChI is InChI=1S/C19H21N3O4/c1-24-15-6-5-13(9-16(15)25-2)17-21-19(26-22-17)18(23)20-10-14-8-11-3-4-12(14)7-11/h3-6,9,11-12,14H,7-8,10H2,1-2H3,(H,20,23)/t11-,12+,14+/m1/s1. The number of benzene rings is 1. The summed E-state index contributed by atoms with van der Waals surface area (Å²) in [5.74, 6) is 2.90. The van der Waals surface area contributed by atoms with Crippen LogP contribution in [-0.4, -0.2) is 36.8 Å². The van der Waals surface area contributed by atoms with Crippen molar-refractivity contribution < 1.29 is 18.8 Å². The Kier molecular flexibility index (Phi) is 4.36. The summed E-state index contributed by atoms with van der Waals surface area (Å²) >= 11 is 0. The Morgan fingerprint density at radius 1 is 1.23 bits per heavy atom. The maximum atomic E-state index is 12.3. The molecule has 1 amide bonds. The molecule has 0 unspecified atom stereocenters. The van der Waals surface area contributed by atoms with Crippen LogP contribution >= 0.6 is 0 Å². The normalized spacial score (nSPS) is 23.2. The van der Waals surface area contributed by atoms with Gasteiger partial charge in [0, 0.05) is 12.1 Å². The van der Waals surface area contributed by atoms with E-state index in [9.17, 15) is 4.79 Å². The second kappa shape index (κ2) is 6.82. The molecular weight excluding hydrogens is 334 g/mol. The molecule has 0 radical (unpaired) electrons. The highest BCUT2D eigenvalue weighted by atomic mass is 16.5. The fraction of sp³-hybridized carbons (Fsp3) is 0.421. The summed E-state index contributed by atoms with van der Waals surface area (Å²) in [6.45, 7) is 0.637. The van der Waals surface area contributed by atoms with Crippen molar-refractivity contribution in [2.24, 2.45) is 17.8 Å². The molecule has 1 N–H and O–H groups in total. The van der Waals surface area contributed by atoms with E-state index in [0.29, 0.717) is 47.2 Å². The van der Waals surface area contributed by atoms with Gasteiger partial charge in [0.2, 0.25) is 5.82 Å². The minimum atomic E-state index is -0.337. The Morgan fingerprint density at radius 2 is 2.08 bits per heavy atom. The third-order valence-electron chi connectivity index (χ3n) is 5.20. The molecule has 0 saturated heterocycles. The van der Waals surface area contributed by atoms with Gasteiger partial charge in [-0.15, -0.1) is 0 Å². The molecule has 1 aromatic heterocycles. The fourth-order valence-electron chi connectivity index (χ4n) is 3.84. The molecule has 2 bridgehead atoms. The molecule has 26 heavy (non-hydrogen) atoms. The number of nitrogens with zero attached hydrogens (tertiary/aromatic N) is 2. The second-order valence-corrected chi connectivity index (χ2v) is 6.74. The third-order valence-corrected chi connectivity index (χ3v) is 5.20. The van der Waals surface area contributed by atoms with E-state index >= 15 is 0 Å². The van der Waals surface area contributed by atoms with Gasteiger partial charge in [0.25, 0.3) is 0 Å². The number of ether oxygens (including phenoxy) is 2. The average molecular weight is 355 g/mol. The van der Waals surface area contributed by atoms with Crippen LogP contribution in [0.1, 0.15) is 23.5 Å². The lowest BCUT2D eigenvalue weighted by molar-refractivity contribution is 0.0901. The van der Waals surface area contributed by atoms with Gasteiger partial charge >= 0.3 is 11.8 Å². The van der Waals surface area contributed by atoms with Gasteiger partial charge in [-0.3, -0.25) is 4.79 Å². The first-order valence-corrected chi connectivity index (χ1v) is 8.70. The molecule has 1 saturated carbocycles. The summed E-state index contributed by atoms with van der Waals surface area (Å²) in [4.78, 5) is 16.5. The molecule has 1 heterocycles. The summed E-state index contributed by atoms with van der Waals surface area (Å²) in [5, 5.41) is 6.82. The average Bonchev–Trinajstić information content (AvgIpc) is 3.42. The van der Waals surface area contributed by atoms with Gasteiger partial charge in [-0.2, -0.15) is 4.98 Å². The Morgan fingerprint density at radius 3 is 2.77 bits per heavy atom. The Labute approximate surface area is 151 Å². The van der Waals surface area contributed by atoms with Gasteiger partial charge in [0.15, 0.2) is 11.5 Å². The predicted octanol–water partition coefficient (Wildman–Crippen LogP) is 2.70. The zero-order chi connectivity index (χ0) is 18.1. The molecule has 1 aromatic carbocycles. The number of carbonyl (C=O) groups excluding carboxylic acids is 1. The van der Waals surface area contributed by atoms with Crippen molar-refractivity contribution in [1.29, 1.82) is 0 Å². The van der Waals surface area contributed by atoms with Crippen LogP contribution in [-0.2, 0) is 0 Å². The lowest BCUT2D eigenvalue weighted by Crippen LogP contribution is -2.31. The first kappa shape index (κ1) is 16.6. The van der Waals surface area contributed by atoms with Crippen LogP contribution in [0.5, 0.6) is 11.5 Å². The van der Waals surface area contributed by atoms with Crippen LogP contribution in [0.15, 0.2) is 34.9 Å². The number of hydrogen-bond donors (Lipinski definition) is 1. The molecule has 2 aliphatic carbocycles.